The van der Waals surface area contributed by atoms with Gasteiger partial charge in [0, 0.05) is 37.6 Å². The van der Waals surface area contributed by atoms with E-state index in [2.05, 4.69) is 15.0 Å². The normalized spacial score (nSPS) is 18.2. The van der Waals surface area contributed by atoms with Crippen LogP contribution >= 0.6 is 0 Å². The first-order valence-electron chi connectivity index (χ1n) is 8.42. The lowest BCUT2D eigenvalue weighted by molar-refractivity contribution is -0.131. The average molecular weight is 323 g/mol. The van der Waals surface area contributed by atoms with Gasteiger partial charge in [-0.15, -0.1) is 0 Å². The number of hydrogen-bond acceptors (Lipinski definition) is 3. The Morgan fingerprint density at radius 2 is 2.33 bits per heavy atom. The van der Waals surface area contributed by atoms with E-state index in [1.165, 1.54) is 0 Å². The third-order valence-electron chi connectivity index (χ3n) is 4.83. The molecule has 0 radical (unpaired) electrons. The van der Waals surface area contributed by atoms with Crippen LogP contribution in [0.3, 0.4) is 0 Å². The molecule has 1 aliphatic rings. The predicted octanol–water partition coefficient (Wildman–Crippen LogP) is 2.31. The Hall–Kier alpha value is -2.63. The highest BCUT2D eigenvalue weighted by molar-refractivity contribution is 5.79. The van der Waals surface area contributed by atoms with Crippen molar-refractivity contribution in [2.75, 3.05) is 13.1 Å². The molecule has 3 aromatic heterocycles. The Kier molecular flexibility index (Phi) is 3.80. The number of hydrogen-bond donors (Lipinski definition) is 1. The van der Waals surface area contributed by atoms with Gasteiger partial charge >= 0.3 is 0 Å². The minimum absolute atomic E-state index is 0.167. The highest BCUT2D eigenvalue weighted by Gasteiger charge is 2.27. The first-order chi connectivity index (χ1) is 11.7. The molecule has 0 aromatic carbocycles. The number of rotatable bonds is 3. The molecule has 6 nitrogen and oxygen atoms in total. The number of carbonyl (C=O) groups excluding carboxylic acids is 1. The zero-order valence-electron chi connectivity index (χ0n) is 13.8. The van der Waals surface area contributed by atoms with Crippen molar-refractivity contribution in [2.45, 2.75) is 32.1 Å². The van der Waals surface area contributed by atoms with Gasteiger partial charge in [-0.3, -0.25) is 4.79 Å². The molecule has 1 amide bonds. The number of aryl methyl sites for hydroxylation is 1. The first-order valence-corrected chi connectivity index (χ1v) is 8.42. The molecule has 1 aliphatic heterocycles. The molecule has 1 unspecified atom stereocenters. The Bertz CT molecular complexity index is 852. The van der Waals surface area contributed by atoms with Crippen LogP contribution in [-0.4, -0.2) is 43.2 Å². The number of nitrogens with zero attached hydrogens (tertiary/aromatic N) is 4. The van der Waals surface area contributed by atoms with Gasteiger partial charge in [-0.1, -0.05) is 6.07 Å². The Morgan fingerprint density at radius 1 is 1.42 bits per heavy atom. The van der Waals surface area contributed by atoms with Gasteiger partial charge in [0.15, 0.2) is 0 Å². The summed E-state index contributed by atoms with van der Waals surface area (Å²) in [4.78, 5) is 26.9. The minimum Gasteiger partial charge on any atom is -0.348 e. The summed E-state index contributed by atoms with van der Waals surface area (Å²) in [7, 11) is 0. The first kappa shape index (κ1) is 14.9. The van der Waals surface area contributed by atoms with Crippen molar-refractivity contribution in [3.8, 4) is 0 Å². The monoisotopic (exact) mass is 323 g/mol. The van der Waals surface area contributed by atoms with E-state index in [0.717, 1.165) is 48.8 Å². The van der Waals surface area contributed by atoms with Gasteiger partial charge in [-0.2, -0.15) is 0 Å². The van der Waals surface area contributed by atoms with E-state index in [9.17, 15) is 4.79 Å². The molecule has 0 spiro atoms. The zero-order valence-corrected chi connectivity index (χ0v) is 13.8. The second-order valence-corrected chi connectivity index (χ2v) is 6.40. The molecular weight excluding hydrogens is 302 g/mol. The van der Waals surface area contributed by atoms with Crippen molar-refractivity contribution in [1.29, 1.82) is 0 Å². The van der Waals surface area contributed by atoms with E-state index in [1.807, 2.05) is 46.8 Å². The molecule has 1 N–H and O–H groups in total. The number of likely N-dealkylation sites (tertiary alicyclic amines) is 1. The van der Waals surface area contributed by atoms with Gasteiger partial charge < -0.3 is 14.3 Å². The number of pyridine rings is 1. The van der Waals surface area contributed by atoms with Gasteiger partial charge in [-0.25, -0.2) is 9.97 Å². The molecule has 1 saturated heterocycles. The number of piperidine rings is 1. The average Bonchev–Trinajstić information content (AvgIpc) is 3.24. The molecule has 4 rings (SSSR count). The highest BCUT2D eigenvalue weighted by Crippen LogP contribution is 2.25. The van der Waals surface area contributed by atoms with E-state index in [1.54, 1.807) is 6.20 Å². The maximum atomic E-state index is 12.8. The van der Waals surface area contributed by atoms with Crippen molar-refractivity contribution < 1.29 is 4.79 Å². The van der Waals surface area contributed by atoms with Gasteiger partial charge in [0.2, 0.25) is 5.91 Å². The number of aromatic amines is 1. The summed E-state index contributed by atoms with van der Waals surface area (Å²) >= 11 is 0. The third-order valence-corrected chi connectivity index (χ3v) is 4.83. The maximum absolute atomic E-state index is 12.8. The second kappa shape index (κ2) is 6.11. The lowest BCUT2D eigenvalue weighted by atomic mass is 9.97. The number of aromatic nitrogens is 4. The molecule has 124 valence electrons. The van der Waals surface area contributed by atoms with Crippen LogP contribution in [0.25, 0.3) is 5.65 Å². The third kappa shape index (κ3) is 2.68. The molecule has 4 heterocycles. The largest absolute Gasteiger partial charge is 0.348 e. The van der Waals surface area contributed by atoms with E-state index >= 15 is 0 Å². The van der Waals surface area contributed by atoms with Crippen molar-refractivity contribution in [3.05, 3.63) is 54.0 Å². The molecule has 1 atom stereocenters. The molecular formula is C18H21N5O. The van der Waals surface area contributed by atoms with Crippen LogP contribution < -0.4 is 0 Å². The van der Waals surface area contributed by atoms with Gasteiger partial charge in [0.05, 0.1) is 17.8 Å². The number of imidazole rings is 2. The number of H-pyrrole nitrogens is 1. The Balaban J connectivity index is 1.52. The molecule has 0 saturated carbocycles. The minimum atomic E-state index is 0.167. The smallest absolute Gasteiger partial charge is 0.228 e. The SMILES string of the molecule is Cc1nc2ccccn2c1CC(=O)N1CCCC(c2ncc[nH]2)C1. The summed E-state index contributed by atoms with van der Waals surface area (Å²) in [6.45, 7) is 3.53. The van der Waals surface area contributed by atoms with Crippen LogP contribution in [0.1, 0.15) is 36.0 Å². The van der Waals surface area contributed by atoms with Gasteiger partial charge in [0.1, 0.15) is 11.5 Å². The van der Waals surface area contributed by atoms with E-state index in [-0.39, 0.29) is 5.91 Å². The van der Waals surface area contributed by atoms with Crippen molar-refractivity contribution in [1.82, 2.24) is 24.3 Å². The Labute approximate surface area is 140 Å². The fourth-order valence-corrected chi connectivity index (χ4v) is 3.56. The van der Waals surface area contributed by atoms with Crippen LogP contribution in [0.4, 0.5) is 0 Å². The summed E-state index contributed by atoms with van der Waals surface area (Å²) in [6, 6.07) is 5.90. The topological polar surface area (TPSA) is 66.3 Å². The van der Waals surface area contributed by atoms with Crippen molar-refractivity contribution >= 4 is 11.6 Å². The number of carbonyl (C=O) groups is 1. The van der Waals surface area contributed by atoms with Gasteiger partial charge in [-0.05, 0) is 31.9 Å². The molecule has 1 fully saturated rings. The fourth-order valence-electron chi connectivity index (χ4n) is 3.56. The summed E-state index contributed by atoms with van der Waals surface area (Å²) in [5.74, 6) is 1.46. The van der Waals surface area contributed by atoms with Crippen molar-refractivity contribution in [3.63, 3.8) is 0 Å². The van der Waals surface area contributed by atoms with Crippen molar-refractivity contribution in [2.24, 2.45) is 0 Å². The fraction of sp³-hybridized carbons (Fsp3) is 0.389. The summed E-state index contributed by atoms with van der Waals surface area (Å²) in [6.07, 6.45) is 8.08. The zero-order chi connectivity index (χ0) is 16.5. The molecule has 3 aromatic rings. The van der Waals surface area contributed by atoms with E-state index in [0.29, 0.717) is 12.3 Å². The van der Waals surface area contributed by atoms with Crippen LogP contribution in [0, 0.1) is 6.92 Å². The number of fused-ring (bicyclic) bond motifs is 1. The lowest BCUT2D eigenvalue weighted by Gasteiger charge is -2.32. The van der Waals surface area contributed by atoms with E-state index in [4.69, 9.17) is 0 Å². The Morgan fingerprint density at radius 3 is 3.17 bits per heavy atom. The second-order valence-electron chi connectivity index (χ2n) is 6.40. The van der Waals surface area contributed by atoms with Crippen LogP contribution in [0.15, 0.2) is 36.8 Å². The number of amides is 1. The summed E-state index contributed by atoms with van der Waals surface area (Å²) in [5, 5.41) is 0. The molecule has 6 heteroatoms. The quantitative estimate of drug-likeness (QED) is 0.804. The highest BCUT2D eigenvalue weighted by atomic mass is 16.2. The van der Waals surface area contributed by atoms with E-state index < -0.39 is 0 Å². The summed E-state index contributed by atoms with van der Waals surface area (Å²) < 4.78 is 2.02. The lowest BCUT2D eigenvalue weighted by Crippen LogP contribution is -2.40. The molecule has 0 bridgehead atoms. The summed E-state index contributed by atoms with van der Waals surface area (Å²) in [5.41, 5.74) is 2.80. The van der Waals surface area contributed by atoms with Crippen LogP contribution in [0.2, 0.25) is 0 Å². The number of nitrogens with one attached hydrogen (secondary N) is 1. The molecule has 0 aliphatic carbocycles. The maximum Gasteiger partial charge on any atom is 0.228 e. The van der Waals surface area contributed by atoms with Gasteiger partial charge in [0.25, 0.3) is 0 Å². The predicted molar refractivity (Wildman–Crippen MR) is 90.8 cm³/mol. The standard InChI is InChI=1S/C18H21N5O/c1-13-15(23-10-3-2-6-16(23)21-13)11-17(24)22-9-4-5-14(12-22)18-19-7-8-20-18/h2-3,6-8,10,14H,4-5,9,11-12H2,1H3,(H,19,20). The van der Waals surface area contributed by atoms with Crippen LogP contribution in [0.5, 0.6) is 0 Å². The van der Waals surface area contributed by atoms with Crippen LogP contribution in [-0.2, 0) is 11.2 Å². The molecule has 24 heavy (non-hydrogen) atoms.